The van der Waals surface area contributed by atoms with Crippen LogP contribution in [0, 0.1) is 0 Å². The van der Waals surface area contributed by atoms with E-state index in [1.807, 2.05) is 49.4 Å². The van der Waals surface area contributed by atoms with Crippen LogP contribution in [0.5, 0.6) is 11.5 Å². The second kappa shape index (κ2) is 10.8. The van der Waals surface area contributed by atoms with Crippen molar-refractivity contribution >= 4 is 17.6 Å². The minimum atomic E-state index is -0.435. The third kappa shape index (κ3) is 6.84. The molecule has 6 nitrogen and oxygen atoms in total. The first kappa shape index (κ1) is 19.3. The average Bonchev–Trinajstić information content (AvgIpc) is 2.66. The molecule has 0 aliphatic carbocycles. The monoisotopic (exact) mass is 357 g/mol. The molecule has 0 aliphatic rings. The summed E-state index contributed by atoms with van der Waals surface area (Å²) in [5.41, 5.74) is 0.662. The number of hydrogen-bond donors (Lipinski definition) is 1. The third-order valence-electron chi connectivity index (χ3n) is 3.35. The van der Waals surface area contributed by atoms with E-state index >= 15 is 0 Å². The quantitative estimate of drug-likeness (QED) is 0.521. The largest absolute Gasteiger partial charge is 0.490 e. The number of nitrogens with one attached hydrogen (secondary N) is 1. The van der Waals surface area contributed by atoms with Crippen LogP contribution in [0.25, 0.3) is 0 Å². The summed E-state index contributed by atoms with van der Waals surface area (Å²) in [5, 5.41) is 2.65. The van der Waals surface area contributed by atoms with Gasteiger partial charge in [-0.3, -0.25) is 9.59 Å². The molecule has 0 bridgehead atoms. The van der Waals surface area contributed by atoms with Gasteiger partial charge < -0.3 is 19.5 Å². The van der Waals surface area contributed by atoms with E-state index in [0.717, 1.165) is 0 Å². The van der Waals surface area contributed by atoms with Gasteiger partial charge in [0.2, 0.25) is 0 Å². The highest BCUT2D eigenvalue weighted by atomic mass is 16.5. The standard InChI is InChI=1S/C20H23NO5/c1-2-24-17-11-6-7-12-18(17)25-14-8-13-20(23)26-15-19(22)21-16-9-4-3-5-10-16/h3-7,9-12H,2,8,13-15H2,1H3,(H,21,22). The van der Waals surface area contributed by atoms with E-state index in [1.54, 1.807) is 12.1 Å². The van der Waals surface area contributed by atoms with E-state index in [2.05, 4.69) is 5.32 Å². The smallest absolute Gasteiger partial charge is 0.306 e. The molecule has 1 N–H and O–H groups in total. The van der Waals surface area contributed by atoms with E-state index in [-0.39, 0.29) is 18.9 Å². The van der Waals surface area contributed by atoms with Crippen molar-refractivity contribution in [2.24, 2.45) is 0 Å². The zero-order valence-electron chi connectivity index (χ0n) is 14.8. The molecule has 2 aromatic carbocycles. The van der Waals surface area contributed by atoms with Gasteiger partial charge in [0.05, 0.1) is 13.2 Å². The predicted octanol–water partition coefficient (Wildman–Crippen LogP) is 3.43. The summed E-state index contributed by atoms with van der Waals surface area (Å²) in [6.07, 6.45) is 0.662. The van der Waals surface area contributed by atoms with Gasteiger partial charge in [-0.25, -0.2) is 0 Å². The van der Waals surface area contributed by atoms with Crippen molar-refractivity contribution in [1.82, 2.24) is 0 Å². The number of anilines is 1. The number of benzene rings is 2. The number of carbonyl (C=O) groups excluding carboxylic acids is 2. The van der Waals surface area contributed by atoms with Crippen molar-refractivity contribution in [3.63, 3.8) is 0 Å². The van der Waals surface area contributed by atoms with Gasteiger partial charge >= 0.3 is 5.97 Å². The summed E-state index contributed by atoms with van der Waals surface area (Å²) in [6, 6.07) is 16.4. The fraction of sp³-hybridized carbons (Fsp3) is 0.300. The molecule has 26 heavy (non-hydrogen) atoms. The summed E-state index contributed by atoms with van der Waals surface area (Å²) >= 11 is 0. The zero-order valence-corrected chi connectivity index (χ0v) is 14.8. The molecule has 0 spiro atoms. The van der Waals surface area contributed by atoms with Crippen LogP contribution >= 0.6 is 0 Å². The minimum absolute atomic E-state index is 0.176. The van der Waals surface area contributed by atoms with E-state index < -0.39 is 5.97 Å². The SMILES string of the molecule is CCOc1ccccc1OCCCC(=O)OCC(=O)Nc1ccccc1. The van der Waals surface area contributed by atoms with Crippen molar-refractivity contribution in [1.29, 1.82) is 0 Å². The molecule has 2 aromatic rings. The average molecular weight is 357 g/mol. The van der Waals surface area contributed by atoms with Crippen LogP contribution in [0.3, 0.4) is 0 Å². The highest BCUT2D eigenvalue weighted by molar-refractivity contribution is 5.92. The molecule has 0 radical (unpaired) electrons. The van der Waals surface area contributed by atoms with Crippen LogP contribution in [0.1, 0.15) is 19.8 Å². The molecular formula is C20H23NO5. The first-order valence-corrected chi connectivity index (χ1v) is 8.54. The van der Waals surface area contributed by atoms with Crippen molar-refractivity contribution < 1.29 is 23.8 Å². The lowest BCUT2D eigenvalue weighted by atomic mass is 10.3. The second-order valence-corrected chi connectivity index (χ2v) is 5.41. The molecule has 0 aromatic heterocycles. The van der Waals surface area contributed by atoms with Gasteiger partial charge in [-0.1, -0.05) is 30.3 Å². The Morgan fingerprint density at radius 1 is 0.923 bits per heavy atom. The van der Waals surface area contributed by atoms with Crippen LogP contribution in [-0.2, 0) is 14.3 Å². The highest BCUT2D eigenvalue weighted by Crippen LogP contribution is 2.26. The molecule has 0 saturated carbocycles. The van der Waals surface area contributed by atoms with Gasteiger partial charge in [-0.2, -0.15) is 0 Å². The molecule has 6 heteroatoms. The summed E-state index contributed by atoms with van der Waals surface area (Å²) in [5.74, 6) is 0.515. The lowest BCUT2D eigenvalue weighted by Crippen LogP contribution is -2.21. The van der Waals surface area contributed by atoms with Gasteiger partial charge in [0.15, 0.2) is 18.1 Å². The Bertz CT molecular complexity index is 702. The summed E-state index contributed by atoms with van der Waals surface area (Å²) < 4.78 is 16.1. The molecule has 0 saturated heterocycles. The number of amides is 1. The summed E-state index contributed by atoms with van der Waals surface area (Å²) in [7, 11) is 0. The number of para-hydroxylation sites is 3. The Hall–Kier alpha value is -3.02. The first-order chi connectivity index (χ1) is 12.7. The molecule has 138 valence electrons. The van der Waals surface area contributed by atoms with E-state index in [1.165, 1.54) is 0 Å². The molecule has 0 fully saturated rings. The van der Waals surface area contributed by atoms with Gasteiger partial charge in [-0.05, 0) is 37.6 Å². The maximum atomic E-state index is 11.7. The molecule has 0 heterocycles. The molecular weight excluding hydrogens is 334 g/mol. The Kier molecular flexibility index (Phi) is 7.99. The number of hydrogen-bond acceptors (Lipinski definition) is 5. The van der Waals surface area contributed by atoms with Crippen molar-refractivity contribution in [2.75, 3.05) is 25.1 Å². The van der Waals surface area contributed by atoms with Gasteiger partial charge in [0.1, 0.15) is 0 Å². The maximum absolute atomic E-state index is 11.7. The van der Waals surface area contributed by atoms with Crippen LogP contribution in [-0.4, -0.2) is 31.7 Å². The van der Waals surface area contributed by atoms with Crippen molar-refractivity contribution in [3.05, 3.63) is 54.6 Å². The molecule has 0 aliphatic heterocycles. The van der Waals surface area contributed by atoms with E-state index in [0.29, 0.717) is 36.8 Å². The molecule has 2 rings (SSSR count). The van der Waals surface area contributed by atoms with Crippen molar-refractivity contribution in [3.8, 4) is 11.5 Å². The highest BCUT2D eigenvalue weighted by Gasteiger charge is 2.09. The van der Waals surface area contributed by atoms with Gasteiger partial charge in [-0.15, -0.1) is 0 Å². The lowest BCUT2D eigenvalue weighted by molar-refractivity contribution is -0.147. The number of esters is 1. The number of ether oxygens (including phenoxy) is 3. The fourth-order valence-corrected chi connectivity index (χ4v) is 2.18. The molecule has 0 atom stereocenters. The van der Waals surface area contributed by atoms with Crippen LogP contribution in [0.2, 0.25) is 0 Å². The van der Waals surface area contributed by atoms with Crippen LogP contribution < -0.4 is 14.8 Å². The van der Waals surface area contributed by atoms with Crippen LogP contribution in [0.4, 0.5) is 5.69 Å². The Labute approximate surface area is 153 Å². The number of carbonyl (C=O) groups is 2. The van der Waals surface area contributed by atoms with Gasteiger partial charge in [0, 0.05) is 12.1 Å². The fourth-order valence-electron chi connectivity index (χ4n) is 2.18. The topological polar surface area (TPSA) is 73.9 Å². The van der Waals surface area contributed by atoms with E-state index in [4.69, 9.17) is 14.2 Å². The zero-order chi connectivity index (χ0) is 18.6. The molecule has 0 unspecified atom stereocenters. The Morgan fingerprint density at radius 3 is 2.27 bits per heavy atom. The summed E-state index contributed by atoms with van der Waals surface area (Å²) in [4.78, 5) is 23.4. The normalized spacial score (nSPS) is 10.0. The van der Waals surface area contributed by atoms with Crippen molar-refractivity contribution in [2.45, 2.75) is 19.8 Å². The van der Waals surface area contributed by atoms with E-state index in [9.17, 15) is 9.59 Å². The molecule has 1 amide bonds. The Balaban J connectivity index is 1.62. The third-order valence-corrected chi connectivity index (χ3v) is 3.35. The lowest BCUT2D eigenvalue weighted by Gasteiger charge is -2.11. The predicted molar refractivity (Wildman–Crippen MR) is 98.4 cm³/mol. The van der Waals surface area contributed by atoms with Gasteiger partial charge in [0.25, 0.3) is 5.91 Å². The number of rotatable bonds is 10. The minimum Gasteiger partial charge on any atom is -0.490 e. The van der Waals surface area contributed by atoms with Crippen LogP contribution in [0.15, 0.2) is 54.6 Å². The first-order valence-electron chi connectivity index (χ1n) is 8.54. The summed E-state index contributed by atoms with van der Waals surface area (Å²) in [6.45, 7) is 2.51. The Morgan fingerprint density at radius 2 is 1.58 bits per heavy atom. The maximum Gasteiger partial charge on any atom is 0.306 e. The second-order valence-electron chi connectivity index (χ2n) is 5.41.